The molecule has 1 aliphatic rings. The van der Waals surface area contributed by atoms with Crippen LogP contribution in [0.15, 0.2) is 0 Å². The smallest absolute Gasteiger partial charge is 0.0626 e. The summed E-state index contributed by atoms with van der Waals surface area (Å²) in [7, 11) is 1.81. The first-order chi connectivity index (χ1) is 6.09. The SMILES string of the molecule is CCC1NCCC1CC(C)(C)OC. The predicted molar refractivity (Wildman–Crippen MR) is 55.9 cm³/mol. The van der Waals surface area contributed by atoms with Gasteiger partial charge in [0.15, 0.2) is 0 Å². The molecule has 0 aromatic carbocycles. The lowest BCUT2D eigenvalue weighted by Gasteiger charge is -2.29. The van der Waals surface area contributed by atoms with Crippen molar-refractivity contribution in [2.75, 3.05) is 13.7 Å². The molecule has 1 fully saturated rings. The molecule has 0 saturated carbocycles. The molecule has 1 aliphatic heterocycles. The lowest BCUT2D eigenvalue weighted by Crippen LogP contribution is -2.32. The molecule has 1 saturated heterocycles. The zero-order valence-corrected chi connectivity index (χ0v) is 9.39. The summed E-state index contributed by atoms with van der Waals surface area (Å²) >= 11 is 0. The summed E-state index contributed by atoms with van der Waals surface area (Å²) in [4.78, 5) is 0. The normalized spacial score (nSPS) is 29.5. The maximum atomic E-state index is 5.46. The van der Waals surface area contributed by atoms with Crippen LogP contribution in [0.5, 0.6) is 0 Å². The number of nitrogens with one attached hydrogen (secondary N) is 1. The van der Waals surface area contributed by atoms with E-state index in [4.69, 9.17) is 4.74 Å². The van der Waals surface area contributed by atoms with Crippen molar-refractivity contribution in [1.29, 1.82) is 0 Å². The molecule has 0 bridgehead atoms. The van der Waals surface area contributed by atoms with Gasteiger partial charge in [0.25, 0.3) is 0 Å². The fourth-order valence-electron chi connectivity index (χ4n) is 2.26. The molecule has 2 nitrogen and oxygen atoms in total. The van der Waals surface area contributed by atoms with Crippen LogP contribution in [0, 0.1) is 5.92 Å². The topological polar surface area (TPSA) is 21.3 Å². The Morgan fingerprint density at radius 1 is 1.46 bits per heavy atom. The van der Waals surface area contributed by atoms with Gasteiger partial charge in [-0.2, -0.15) is 0 Å². The Morgan fingerprint density at radius 3 is 2.69 bits per heavy atom. The van der Waals surface area contributed by atoms with Crippen LogP contribution in [-0.4, -0.2) is 25.3 Å². The van der Waals surface area contributed by atoms with E-state index >= 15 is 0 Å². The van der Waals surface area contributed by atoms with Gasteiger partial charge in [0.2, 0.25) is 0 Å². The average molecular weight is 185 g/mol. The minimum atomic E-state index is 0.0457. The van der Waals surface area contributed by atoms with E-state index in [1.807, 2.05) is 7.11 Å². The summed E-state index contributed by atoms with van der Waals surface area (Å²) in [5, 5.41) is 3.55. The van der Waals surface area contributed by atoms with Crippen LogP contribution in [-0.2, 0) is 4.74 Å². The van der Waals surface area contributed by atoms with Crippen LogP contribution in [0.25, 0.3) is 0 Å². The lowest BCUT2D eigenvalue weighted by atomic mass is 9.87. The fourth-order valence-corrected chi connectivity index (χ4v) is 2.26. The quantitative estimate of drug-likeness (QED) is 0.725. The second-order valence-corrected chi connectivity index (χ2v) is 4.69. The maximum Gasteiger partial charge on any atom is 0.0626 e. The van der Waals surface area contributed by atoms with Crippen molar-refractivity contribution in [3.8, 4) is 0 Å². The van der Waals surface area contributed by atoms with Gasteiger partial charge in [-0.3, -0.25) is 0 Å². The Balaban J connectivity index is 2.43. The number of ether oxygens (including phenoxy) is 1. The van der Waals surface area contributed by atoms with Crippen LogP contribution < -0.4 is 5.32 Å². The molecule has 0 aliphatic carbocycles. The number of hydrogen-bond acceptors (Lipinski definition) is 2. The maximum absolute atomic E-state index is 5.46. The number of hydrogen-bond donors (Lipinski definition) is 1. The van der Waals surface area contributed by atoms with Gasteiger partial charge in [-0.05, 0) is 45.6 Å². The largest absolute Gasteiger partial charge is 0.379 e. The van der Waals surface area contributed by atoms with E-state index in [2.05, 4.69) is 26.1 Å². The van der Waals surface area contributed by atoms with E-state index in [9.17, 15) is 0 Å². The molecular formula is C11H23NO. The molecule has 1 heterocycles. The second-order valence-electron chi connectivity index (χ2n) is 4.69. The Kier molecular flexibility index (Phi) is 3.74. The van der Waals surface area contributed by atoms with Gasteiger partial charge >= 0.3 is 0 Å². The van der Waals surface area contributed by atoms with Crippen molar-refractivity contribution < 1.29 is 4.74 Å². The highest BCUT2D eigenvalue weighted by Gasteiger charge is 2.30. The zero-order valence-electron chi connectivity index (χ0n) is 9.39. The van der Waals surface area contributed by atoms with Crippen molar-refractivity contribution >= 4 is 0 Å². The molecular weight excluding hydrogens is 162 g/mol. The third-order valence-electron chi connectivity index (χ3n) is 3.24. The Labute approximate surface area is 82.0 Å². The molecule has 0 radical (unpaired) electrons. The minimum Gasteiger partial charge on any atom is -0.379 e. The molecule has 0 spiro atoms. The molecule has 0 aromatic heterocycles. The highest BCUT2D eigenvalue weighted by Crippen LogP contribution is 2.28. The first-order valence-electron chi connectivity index (χ1n) is 5.37. The van der Waals surface area contributed by atoms with Crippen LogP contribution in [0.1, 0.15) is 40.0 Å². The van der Waals surface area contributed by atoms with Crippen LogP contribution >= 0.6 is 0 Å². The standard InChI is InChI=1S/C11H23NO/c1-5-10-9(6-7-12-10)8-11(2,3)13-4/h9-10,12H,5-8H2,1-4H3. The molecule has 78 valence electrons. The molecule has 0 amide bonds. The highest BCUT2D eigenvalue weighted by molar-refractivity contribution is 4.87. The van der Waals surface area contributed by atoms with Crippen molar-refractivity contribution in [3.05, 3.63) is 0 Å². The van der Waals surface area contributed by atoms with Crippen LogP contribution in [0.4, 0.5) is 0 Å². The summed E-state index contributed by atoms with van der Waals surface area (Å²) in [5.41, 5.74) is 0.0457. The Morgan fingerprint density at radius 2 is 2.15 bits per heavy atom. The summed E-state index contributed by atoms with van der Waals surface area (Å²) in [6, 6.07) is 0.717. The first-order valence-corrected chi connectivity index (χ1v) is 5.37. The summed E-state index contributed by atoms with van der Waals surface area (Å²) < 4.78 is 5.46. The second kappa shape index (κ2) is 4.43. The van der Waals surface area contributed by atoms with E-state index in [-0.39, 0.29) is 5.60 Å². The minimum absolute atomic E-state index is 0.0457. The van der Waals surface area contributed by atoms with Gasteiger partial charge < -0.3 is 10.1 Å². The molecule has 13 heavy (non-hydrogen) atoms. The third-order valence-corrected chi connectivity index (χ3v) is 3.24. The molecule has 2 unspecified atom stereocenters. The van der Waals surface area contributed by atoms with E-state index in [0.717, 1.165) is 12.0 Å². The molecule has 2 heteroatoms. The van der Waals surface area contributed by atoms with E-state index in [1.165, 1.54) is 25.8 Å². The molecule has 0 aromatic rings. The van der Waals surface area contributed by atoms with E-state index in [0.29, 0.717) is 0 Å². The van der Waals surface area contributed by atoms with E-state index < -0.39 is 0 Å². The summed E-state index contributed by atoms with van der Waals surface area (Å²) in [6.45, 7) is 7.80. The average Bonchev–Trinajstić information content (AvgIpc) is 2.51. The third kappa shape index (κ3) is 2.96. The van der Waals surface area contributed by atoms with Gasteiger partial charge in [0.1, 0.15) is 0 Å². The van der Waals surface area contributed by atoms with Crippen molar-refractivity contribution in [2.24, 2.45) is 5.92 Å². The van der Waals surface area contributed by atoms with Gasteiger partial charge in [0, 0.05) is 13.2 Å². The van der Waals surface area contributed by atoms with Crippen LogP contribution in [0.2, 0.25) is 0 Å². The van der Waals surface area contributed by atoms with Gasteiger partial charge in [0.05, 0.1) is 5.60 Å². The zero-order chi connectivity index (χ0) is 9.90. The summed E-state index contributed by atoms with van der Waals surface area (Å²) in [6.07, 6.45) is 3.73. The Hall–Kier alpha value is -0.0800. The van der Waals surface area contributed by atoms with Crippen LogP contribution in [0.3, 0.4) is 0 Å². The number of rotatable bonds is 4. The first kappa shape index (κ1) is 11.0. The van der Waals surface area contributed by atoms with Crippen molar-refractivity contribution in [1.82, 2.24) is 5.32 Å². The Bertz CT molecular complexity index is 156. The van der Waals surface area contributed by atoms with Crippen molar-refractivity contribution in [3.63, 3.8) is 0 Å². The van der Waals surface area contributed by atoms with Gasteiger partial charge in [-0.25, -0.2) is 0 Å². The van der Waals surface area contributed by atoms with Crippen molar-refractivity contribution in [2.45, 2.75) is 51.7 Å². The predicted octanol–water partition coefficient (Wildman–Crippen LogP) is 2.19. The van der Waals surface area contributed by atoms with Gasteiger partial charge in [-0.1, -0.05) is 6.92 Å². The summed E-state index contributed by atoms with van der Waals surface area (Å²) in [5.74, 6) is 0.806. The van der Waals surface area contributed by atoms with Gasteiger partial charge in [-0.15, -0.1) is 0 Å². The molecule has 1 rings (SSSR count). The fraction of sp³-hybridized carbons (Fsp3) is 1.00. The molecule has 2 atom stereocenters. The molecule has 1 N–H and O–H groups in total. The highest BCUT2D eigenvalue weighted by atomic mass is 16.5. The number of methoxy groups -OCH3 is 1. The lowest BCUT2D eigenvalue weighted by molar-refractivity contribution is 0.000456. The van der Waals surface area contributed by atoms with E-state index in [1.54, 1.807) is 0 Å². The monoisotopic (exact) mass is 185 g/mol.